The van der Waals surface area contributed by atoms with Crippen molar-refractivity contribution < 1.29 is 22.5 Å². The second-order valence-electron chi connectivity index (χ2n) is 7.12. The summed E-state index contributed by atoms with van der Waals surface area (Å²) in [4.78, 5) is 20.9. The molecule has 3 aromatic heterocycles. The Morgan fingerprint density at radius 2 is 2.10 bits per heavy atom. The van der Waals surface area contributed by atoms with E-state index in [1.54, 1.807) is 0 Å². The maximum Gasteiger partial charge on any atom is 0.274 e. The number of hydrogen-bond acceptors (Lipinski definition) is 5. The zero-order valence-electron chi connectivity index (χ0n) is 15.6. The van der Waals surface area contributed by atoms with E-state index in [0.29, 0.717) is 12.1 Å². The van der Waals surface area contributed by atoms with Gasteiger partial charge in [0.25, 0.3) is 5.91 Å². The number of nitrogens with one attached hydrogen (secondary N) is 1. The van der Waals surface area contributed by atoms with Crippen molar-refractivity contribution in [3.63, 3.8) is 0 Å². The molecule has 2 atom stereocenters. The first-order chi connectivity index (χ1) is 14.4. The first-order valence-electron chi connectivity index (χ1n) is 9.13. The summed E-state index contributed by atoms with van der Waals surface area (Å²) in [7, 11) is 0. The second kappa shape index (κ2) is 6.68. The summed E-state index contributed by atoms with van der Waals surface area (Å²) >= 11 is 0. The predicted molar refractivity (Wildman–Crippen MR) is 99.8 cm³/mol. The van der Waals surface area contributed by atoms with Crippen LogP contribution in [0.5, 0.6) is 0 Å². The van der Waals surface area contributed by atoms with Gasteiger partial charge in [-0.2, -0.15) is 4.98 Å². The fourth-order valence-corrected chi connectivity index (χ4v) is 3.17. The minimum atomic E-state index is -1.00. The number of fused-ring (bicyclic) bond motifs is 1. The van der Waals surface area contributed by atoms with Crippen LogP contribution in [0.25, 0.3) is 17.0 Å². The highest BCUT2D eigenvalue weighted by Crippen LogP contribution is 2.43. The molecule has 0 unspecified atom stereocenters. The lowest BCUT2D eigenvalue weighted by molar-refractivity contribution is 0.102. The minimum Gasteiger partial charge on any atom is -0.339 e. The molecule has 0 aliphatic heterocycles. The van der Waals surface area contributed by atoms with Gasteiger partial charge in [-0.05, 0) is 37.6 Å². The minimum absolute atomic E-state index is 0.0827. The molecule has 10 heteroatoms. The maximum absolute atomic E-state index is 14.5. The fraction of sp³-hybridized carbons (Fsp3) is 0.200. The molecule has 0 spiro atoms. The topological polar surface area (TPSA) is 85.3 Å². The highest BCUT2D eigenvalue weighted by atomic mass is 19.1. The largest absolute Gasteiger partial charge is 0.339 e. The van der Waals surface area contributed by atoms with E-state index in [1.165, 1.54) is 41.8 Å². The van der Waals surface area contributed by atoms with Gasteiger partial charge in [0.15, 0.2) is 0 Å². The highest BCUT2D eigenvalue weighted by molar-refractivity contribution is 6.04. The van der Waals surface area contributed by atoms with Gasteiger partial charge in [0, 0.05) is 23.0 Å². The van der Waals surface area contributed by atoms with Crippen molar-refractivity contribution in [2.45, 2.75) is 25.4 Å². The number of carbonyl (C=O) groups excluding carboxylic acids is 1. The van der Waals surface area contributed by atoms with Crippen LogP contribution in [-0.4, -0.2) is 31.6 Å². The van der Waals surface area contributed by atoms with Crippen molar-refractivity contribution >= 4 is 17.2 Å². The van der Waals surface area contributed by atoms with Crippen molar-refractivity contribution in [2.24, 2.45) is 0 Å². The van der Waals surface area contributed by atoms with Gasteiger partial charge in [0.1, 0.15) is 29.1 Å². The van der Waals surface area contributed by atoms with Crippen LogP contribution >= 0.6 is 0 Å². The van der Waals surface area contributed by atoms with Crippen molar-refractivity contribution in [1.82, 2.24) is 19.5 Å². The van der Waals surface area contributed by atoms with Gasteiger partial charge >= 0.3 is 0 Å². The van der Waals surface area contributed by atoms with Crippen LogP contribution in [0, 0.1) is 18.6 Å². The molecule has 0 bridgehead atoms. The Balaban J connectivity index is 1.47. The standard InChI is InChI=1S/C20H14F3N5O2/c1-9-13(22)4-10(18-26-20(30-27-18)12-6-14(12)23)5-15(9)25-19(29)16-7-24-17-3-2-11(21)8-28(16)17/h2-5,7-8,12,14H,6H2,1H3,(H,25,29)/t12-,14-/m0/s1. The molecule has 7 nitrogen and oxygen atoms in total. The Bertz CT molecular complexity index is 1300. The first-order valence-corrected chi connectivity index (χ1v) is 9.13. The average molecular weight is 413 g/mol. The van der Waals surface area contributed by atoms with E-state index in [2.05, 4.69) is 20.4 Å². The molecule has 1 N–H and O–H groups in total. The van der Waals surface area contributed by atoms with Crippen molar-refractivity contribution in [1.29, 1.82) is 0 Å². The molecule has 30 heavy (non-hydrogen) atoms. The maximum atomic E-state index is 14.5. The number of hydrogen-bond donors (Lipinski definition) is 1. The van der Waals surface area contributed by atoms with E-state index in [9.17, 15) is 18.0 Å². The number of imidazole rings is 1. The average Bonchev–Trinajstić information content (AvgIpc) is 3.11. The number of amides is 1. The van der Waals surface area contributed by atoms with Crippen molar-refractivity contribution in [3.8, 4) is 11.4 Å². The number of aromatic nitrogens is 4. The number of rotatable bonds is 4. The Morgan fingerprint density at radius 3 is 2.87 bits per heavy atom. The van der Waals surface area contributed by atoms with Gasteiger partial charge in [-0.3, -0.25) is 9.20 Å². The Labute approximate surface area is 167 Å². The van der Waals surface area contributed by atoms with E-state index in [4.69, 9.17) is 4.52 Å². The quantitative estimate of drug-likeness (QED) is 0.546. The summed E-state index contributed by atoms with van der Waals surface area (Å²) in [6, 6.07) is 5.38. The van der Waals surface area contributed by atoms with E-state index < -0.39 is 29.6 Å². The molecule has 1 fully saturated rings. The SMILES string of the molecule is Cc1c(F)cc(-c2noc([C@H]3C[C@@H]3F)n2)cc1NC(=O)c1cnc2ccc(F)cn12. The summed E-state index contributed by atoms with van der Waals surface area (Å²) < 4.78 is 47.6. The molecular weight excluding hydrogens is 399 g/mol. The van der Waals surface area contributed by atoms with Crippen LogP contribution in [-0.2, 0) is 0 Å². The summed E-state index contributed by atoms with van der Waals surface area (Å²) in [5, 5.41) is 6.40. The van der Waals surface area contributed by atoms with E-state index >= 15 is 0 Å². The van der Waals surface area contributed by atoms with Gasteiger partial charge in [-0.15, -0.1) is 0 Å². The summed E-state index contributed by atoms with van der Waals surface area (Å²) in [5.41, 5.74) is 1.12. The lowest BCUT2D eigenvalue weighted by Gasteiger charge is -2.10. The summed E-state index contributed by atoms with van der Waals surface area (Å²) in [5.74, 6) is -1.88. The fourth-order valence-electron chi connectivity index (χ4n) is 3.17. The number of alkyl halides is 1. The highest BCUT2D eigenvalue weighted by Gasteiger charge is 2.43. The molecule has 152 valence electrons. The summed E-state index contributed by atoms with van der Waals surface area (Å²) in [6.07, 6.45) is 1.76. The third kappa shape index (κ3) is 3.10. The van der Waals surface area contributed by atoms with Gasteiger partial charge in [-0.25, -0.2) is 18.2 Å². The molecule has 1 saturated carbocycles. The molecular formula is C20H14F3N5O2. The number of pyridine rings is 1. The smallest absolute Gasteiger partial charge is 0.274 e. The van der Waals surface area contributed by atoms with E-state index in [1.807, 2.05) is 0 Å². The predicted octanol–water partition coefficient (Wildman–Crippen LogP) is 4.05. The molecule has 1 aliphatic carbocycles. The van der Waals surface area contributed by atoms with Crippen LogP contribution in [0.3, 0.4) is 0 Å². The van der Waals surface area contributed by atoms with Crippen LogP contribution in [0.2, 0.25) is 0 Å². The molecule has 1 aliphatic rings. The van der Waals surface area contributed by atoms with Crippen molar-refractivity contribution in [2.75, 3.05) is 5.32 Å². The third-order valence-electron chi connectivity index (χ3n) is 5.02. The third-order valence-corrected chi connectivity index (χ3v) is 5.02. The number of anilines is 1. The normalized spacial score (nSPS) is 18.0. The molecule has 3 heterocycles. The van der Waals surface area contributed by atoms with Gasteiger partial charge in [0.05, 0.1) is 12.1 Å². The van der Waals surface area contributed by atoms with Crippen LogP contribution < -0.4 is 5.32 Å². The van der Waals surface area contributed by atoms with E-state index in [-0.39, 0.29) is 34.2 Å². The Kier molecular flexibility index (Phi) is 4.09. The Hall–Kier alpha value is -3.69. The lowest BCUT2D eigenvalue weighted by atomic mass is 10.1. The van der Waals surface area contributed by atoms with Gasteiger partial charge < -0.3 is 9.84 Å². The number of halogens is 3. The molecule has 4 aromatic rings. The number of carbonyl (C=O) groups is 1. The lowest BCUT2D eigenvalue weighted by Crippen LogP contribution is -2.15. The second-order valence-corrected chi connectivity index (χ2v) is 7.12. The Morgan fingerprint density at radius 1 is 1.30 bits per heavy atom. The monoisotopic (exact) mass is 413 g/mol. The van der Waals surface area contributed by atoms with E-state index in [0.717, 1.165) is 6.20 Å². The number of benzene rings is 1. The molecule has 0 radical (unpaired) electrons. The first kappa shape index (κ1) is 18.3. The molecule has 5 rings (SSSR count). The number of nitrogens with zero attached hydrogens (tertiary/aromatic N) is 4. The van der Waals surface area contributed by atoms with Crippen LogP contribution in [0.1, 0.15) is 34.3 Å². The van der Waals surface area contributed by atoms with Gasteiger partial charge in [0.2, 0.25) is 11.7 Å². The van der Waals surface area contributed by atoms with Crippen LogP contribution in [0.4, 0.5) is 18.9 Å². The van der Waals surface area contributed by atoms with Crippen molar-refractivity contribution in [3.05, 3.63) is 65.4 Å². The van der Waals surface area contributed by atoms with Crippen LogP contribution in [0.15, 0.2) is 41.2 Å². The molecule has 1 aromatic carbocycles. The molecule has 0 saturated heterocycles. The molecule has 1 amide bonds. The summed E-state index contributed by atoms with van der Waals surface area (Å²) in [6.45, 7) is 1.50. The van der Waals surface area contributed by atoms with Gasteiger partial charge in [-0.1, -0.05) is 5.16 Å². The zero-order chi connectivity index (χ0) is 21.0. The zero-order valence-corrected chi connectivity index (χ0v) is 15.6.